The van der Waals surface area contributed by atoms with Gasteiger partial charge in [-0.25, -0.2) is 4.79 Å². The van der Waals surface area contributed by atoms with Gasteiger partial charge >= 0.3 is 5.97 Å². The SMILES string of the molecule is CCN[S+]([O-])N[C@H]1CCc2cc(OC)c(OC)c(OC)c2-c2ccc(C(=O)OC)c(=O)cc21. The molecule has 0 aliphatic heterocycles. The number of aryl methyl sites for hydroxylation is 1. The van der Waals surface area contributed by atoms with Crippen LogP contribution in [0, 0.1) is 0 Å². The Labute approximate surface area is 195 Å². The molecule has 2 aromatic rings. The van der Waals surface area contributed by atoms with Crippen LogP contribution in [0.2, 0.25) is 0 Å². The van der Waals surface area contributed by atoms with Gasteiger partial charge in [0.1, 0.15) is 17.1 Å². The Balaban J connectivity index is 2.35. The van der Waals surface area contributed by atoms with E-state index in [1.807, 2.05) is 13.0 Å². The molecule has 0 spiro atoms. The highest BCUT2D eigenvalue weighted by atomic mass is 32.2. The lowest BCUT2D eigenvalue weighted by molar-refractivity contribution is 0.0599. The number of carbonyl (C=O) groups excluding carboxylic acids is 1. The molecule has 0 saturated heterocycles. The number of nitrogens with one attached hydrogen (secondary N) is 2. The molecule has 2 N–H and O–H groups in total. The Morgan fingerprint density at radius 3 is 2.45 bits per heavy atom. The molecule has 1 aliphatic rings. The van der Waals surface area contributed by atoms with Crippen molar-refractivity contribution in [3.63, 3.8) is 0 Å². The zero-order chi connectivity index (χ0) is 24.1. The van der Waals surface area contributed by atoms with Crippen LogP contribution < -0.4 is 29.1 Å². The minimum Gasteiger partial charge on any atom is -0.579 e. The van der Waals surface area contributed by atoms with Crippen molar-refractivity contribution in [2.24, 2.45) is 0 Å². The maximum absolute atomic E-state index is 13.0. The normalized spacial score (nSPS) is 15.5. The molecule has 0 fully saturated rings. The number of fused-ring (bicyclic) bond motifs is 3. The van der Waals surface area contributed by atoms with Crippen molar-refractivity contribution in [3.8, 4) is 28.4 Å². The van der Waals surface area contributed by atoms with Gasteiger partial charge in [0.05, 0.1) is 34.5 Å². The Kier molecular flexibility index (Phi) is 8.20. The molecule has 9 nitrogen and oxygen atoms in total. The summed E-state index contributed by atoms with van der Waals surface area (Å²) in [7, 11) is 5.81. The van der Waals surface area contributed by atoms with Gasteiger partial charge in [-0.05, 0) is 54.7 Å². The fraction of sp³-hybridized carbons (Fsp3) is 0.391. The third kappa shape index (κ3) is 4.93. The van der Waals surface area contributed by atoms with Crippen molar-refractivity contribution in [2.45, 2.75) is 25.8 Å². The lowest BCUT2D eigenvalue weighted by Gasteiger charge is -2.20. The molecule has 0 radical (unpaired) electrons. The summed E-state index contributed by atoms with van der Waals surface area (Å²) in [6, 6.07) is 5.95. The summed E-state index contributed by atoms with van der Waals surface area (Å²) in [4.78, 5) is 25.2. The minimum atomic E-state index is -1.53. The lowest BCUT2D eigenvalue weighted by atomic mass is 9.95. The van der Waals surface area contributed by atoms with E-state index >= 15 is 0 Å². The Bertz CT molecular complexity index is 1090. The number of methoxy groups -OCH3 is 4. The molecule has 2 aromatic carbocycles. The molecule has 1 unspecified atom stereocenters. The Morgan fingerprint density at radius 2 is 1.85 bits per heavy atom. The highest BCUT2D eigenvalue weighted by Gasteiger charge is 2.31. The van der Waals surface area contributed by atoms with Crippen LogP contribution in [0.25, 0.3) is 11.1 Å². The predicted octanol–water partition coefficient (Wildman–Crippen LogP) is 2.29. The number of esters is 1. The van der Waals surface area contributed by atoms with E-state index in [2.05, 4.69) is 9.44 Å². The second-order valence-corrected chi connectivity index (χ2v) is 8.33. The number of rotatable bonds is 8. The maximum Gasteiger partial charge on any atom is 0.341 e. The van der Waals surface area contributed by atoms with Crippen LogP contribution in [0.1, 0.15) is 40.9 Å². The summed E-state index contributed by atoms with van der Waals surface area (Å²) in [6.45, 7) is 2.35. The fourth-order valence-electron chi connectivity index (χ4n) is 4.02. The van der Waals surface area contributed by atoms with Crippen molar-refractivity contribution < 1.29 is 28.3 Å². The first kappa shape index (κ1) is 24.8. The molecule has 178 valence electrons. The van der Waals surface area contributed by atoms with Crippen molar-refractivity contribution in [1.82, 2.24) is 9.44 Å². The number of benzene rings is 1. The summed E-state index contributed by atoms with van der Waals surface area (Å²) in [5, 5.41) is 0. The molecule has 0 bridgehead atoms. The van der Waals surface area contributed by atoms with Crippen LogP contribution >= 0.6 is 0 Å². The van der Waals surface area contributed by atoms with Gasteiger partial charge in [0.15, 0.2) is 16.9 Å². The molecule has 0 amide bonds. The quantitative estimate of drug-likeness (QED) is 0.437. The topological polar surface area (TPSA) is 118 Å². The van der Waals surface area contributed by atoms with Crippen molar-refractivity contribution in [2.75, 3.05) is 35.0 Å². The van der Waals surface area contributed by atoms with Gasteiger partial charge in [-0.15, -0.1) is 9.44 Å². The number of ether oxygens (including phenoxy) is 4. The van der Waals surface area contributed by atoms with Crippen LogP contribution in [-0.2, 0) is 22.7 Å². The first-order valence-electron chi connectivity index (χ1n) is 10.4. The minimum absolute atomic E-state index is 0.0990. The molecule has 0 heterocycles. The van der Waals surface area contributed by atoms with E-state index in [0.29, 0.717) is 47.8 Å². The summed E-state index contributed by atoms with van der Waals surface area (Å²) in [5.74, 6) is 0.636. The van der Waals surface area contributed by atoms with Gasteiger partial charge in [0.25, 0.3) is 0 Å². The number of hydrogen-bond donors (Lipinski definition) is 2. The maximum atomic E-state index is 13.0. The third-order valence-electron chi connectivity index (χ3n) is 5.47. The number of carbonyl (C=O) groups is 1. The van der Waals surface area contributed by atoms with E-state index in [4.69, 9.17) is 18.9 Å². The zero-order valence-corrected chi connectivity index (χ0v) is 20.1. The third-order valence-corrected chi connectivity index (χ3v) is 6.52. The lowest BCUT2D eigenvalue weighted by Crippen LogP contribution is -2.39. The Hall–Kier alpha value is -2.79. The highest BCUT2D eigenvalue weighted by Crippen LogP contribution is 2.50. The molecule has 33 heavy (non-hydrogen) atoms. The van der Waals surface area contributed by atoms with Crippen LogP contribution in [0.15, 0.2) is 29.1 Å². The van der Waals surface area contributed by atoms with Gasteiger partial charge in [-0.2, -0.15) is 0 Å². The van der Waals surface area contributed by atoms with Crippen LogP contribution in [0.4, 0.5) is 0 Å². The first-order chi connectivity index (χ1) is 15.9. The molecular weight excluding hydrogens is 448 g/mol. The van der Waals surface area contributed by atoms with E-state index < -0.39 is 29.0 Å². The smallest absolute Gasteiger partial charge is 0.341 e. The Morgan fingerprint density at radius 1 is 1.12 bits per heavy atom. The van der Waals surface area contributed by atoms with E-state index in [0.717, 1.165) is 11.1 Å². The molecule has 2 atom stereocenters. The second-order valence-electron chi connectivity index (χ2n) is 7.27. The summed E-state index contributed by atoms with van der Waals surface area (Å²) in [6.07, 6.45) is 1.12. The van der Waals surface area contributed by atoms with Gasteiger partial charge in [0.2, 0.25) is 5.75 Å². The molecule has 10 heteroatoms. The highest BCUT2D eigenvalue weighted by molar-refractivity contribution is 7.87. The monoisotopic (exact) mass is 476 g/mol. The molecule has 0 aromatic heterocycles. The van der Waals surface area contributed by atoms with Gasteiger partial charge in [-0.1, -0.05) is 6.07 Å². The predicted molar refractivity (Wildman–Crippen MR) is 125 cm³/mol. The molecular formula is C23H28N2O7S. The van der Waals surface area contributed by atoms with E-state index in [1.165, 1.54) is 33.5 Å². The fourth-order valence-corrected chi connectivity index (χ4v) is 4.86. The van der Waals surface area contributed by atoms with E-state index in [-0.39, 0.29) is 5.56 Å². The molecule has 3 rings (SSSR count). The largest absolute Gasteiger partial charge is 0.579 e. The molecule has 1 aliphatic carbocycles. The van der Waals surface area contributed by atoms with Crippen LogP contribution in [-0.4, -0.2) is 45.5 Å². The average molecular weight is 477 g/mol. The van der Waals surface area contributed by atoms with Crippen LogP contribution in [0.3, 0.4) is 0 Å². The van der Waals surface area contributed by atoms with Gasteiger partial charge in [0, 0.05) is 12.1 Å². The van der Waals surface area contributed by atoms with Crippen LogP contribution in [0.5, 0.6) is 17.2 Å². The summed E-state index contributed by atoms with van der Waals surface area (Å²) in [5.41, 5.74) is 2.27. The van der Waals surface area contributed by atoms with Crippen molar-refractivity contribution in [3.05, 3.63) is 51.2 Å². The standard InChI is InChI=1S/C23H28N2O7S/c1-6-24-33(28)25-17-10-7-13-11-19(29-2)21(30-3)22(31-4)20(13)14-8-9-15(23(27)32-5)18(26)12-16(14)17/h8-9,11-12,17,24-25H,6-7,10H2,1-5H3/t17-,33?/m0/s1. The number of hydrogen-bond acceptors (Lipinski definition) is 9. The van der Waals surface area contributed by atoms with Gasteiger partial charge < -0.3 is 23.5 Å². The zero-order valence-electron chi connectivity index (χ0n) is 19.3. The van der Waals surface area contributed by atoms with Crippen molar-refractivity contribution >= 4 is 17.5 Å². The van der Waals surface area contributed by atoms with E-state index in [9.17, 15) is 14.1 Å². The van der Waals surface area contributed by atoms with Gasteiger partial charge in [-0.3, -0.25) is 4.79 Å². The summed E-state index contributed by atoms with van der Waals surface area (Å²) < 4.78 is 40.0. The second kappa shape index (κ2) is 10.9. The first-order valence-corrected chi connectivity index (χ1v) is 11.5. The molecule has 0 saturated carbocycles. The van der Waals surface area contributed by atoms with E-state index in [1.54, 1.807) is 13.2 Å². The summed E-state index contributed by atoms with van der Waals surface area (Å²) >= 11 is -1.53. The average Bonchev–Trinajstić information content (AvgIpc) is 3.06. The van der Waals surface area contributed by atoms with Crippen molar-refractivity contribution in [1.29, 1.82) is 0 Å².